The number of fused-ring (bicyclic) bond motifs is 1. The maximum Gasteiger partial charge on any atom is 0.160 e. The standard InChI is InChI=1S/C20H26O/c1-4-6-8-16-10-12-19-17(14-16)11-13-18(15(3)21)20(19)9-7-5-2/h10-14H,4-9H2,1-3H3. The number of rotatable bonds is 7. The SMILES string of the molecule is CCCCc1ccc2c(CCCC)c(C(C)=O)ccc2c1. The molecule has 2 aromatic rings. The second kappa shape index (κ2) is 7.40. The van der Waals surface area contributed by atoms with Gasteiger partial charge in [0, 0.05) is 5.56 Å². The lowest BCUT2D eigenvalue weighted by Gasteiger charge is -2.12. The van der Waals surface area contributed by atoms with Gasteiger partial charge in [0.05, 0.1) is 0 Å². The molecule has 0 aromatic heterocycles. The summed E-state index contributed by atoms with van der Waals surface area (Å²) in [6.45, 7) is 6.09. The number of benzene rings is 2. The zero-order valence-corrected chi connectivity index (χ0v) is 13.5. The van der Waals surface area contributed by atoms with Gasteiger partial charge in [-0.2, -0.15) is 0 Å². The fraction of sp³-hybridized carbons (Fsp3) is 0.450. The first-order chi connectivity index (χ1) is 10.2. The van der Waals surface area contributed by atoms with Crippen molar-refractivity contribution < 1.29 is 4.79 Å². The van der Waals surface area contributed by atoms with Gasteiger partial charge in [-0.3, -0.25) is 4.79 Å². The lowest BCUT2D eigenvalue weighted by atomic mass is 9.92. The van der Waals surface area contributed by atoms with Gasteiger partial charge in [0.25, 0.3) is 0 Å². The van der Waals surface area contributed by atoms with E-state index in [1.54, 1.807) is 6.92 Å². The quantitative estimate of drug-likeness (QED) is 0.593. The molecule has 0 N–H and O–H groups in total. The predicted molar refractivity (Wildman–Crippen MR) is 91.2 cm³/mol. The molecule has 0 amide bonds. The van der Waals surface area contributed by atoms with E-state index in [1.165, 1.54) is 34.7 Å². The summed E-state index contributed by atoms with van der Waals surface area (Å²) in [4.78, 5) is 11.9. The van der Waals surface area contributed by atoms with E-state index in [4.69, 9.17) is 0 Å². The smallest absolute Gasteiger partial charge is 0.160 e. The lowest BCUT2D eigenvalue weighted by molar-refractivity contribution is 0.101. The minimum Gasteiger partial charge on any atom is -0.295 e. The monoisotopic (exact) mass is 282 g/mol. The molecule has 0 fully saturated rings. The second-order valence-corrected chi connectivity index (χ2v) is 5.91. The highest BCUT2D eigenvalue weighted by Crippen LogP contribution is 2.26. The minimum absolute atomic E-state index is 0.179. The molecule has 0 saturated carbocycles. The zero-order chi connectivity index (χ0) is 15.2. The number of Topliss-reactive ketones (excluding diaryl/α,β-unsaturated/α-hetero) is 1. The van der Waals surface area contributed by atoms with Crippen molar-refractivity contribution in [3.63, 3.8) is 0 Å². The third kappa shape index (κ3) is 3.72. The second-order valence-electron chi connectivity index (χ2n) is 5.91. The molecule has 0 unspecified atom stereocenters. The van der Waals surface area contributed by atoms with Gasteiger partial charge in [-0.25, -0.2) is 0 Å². The summed E-state index contributed by atoms with van der Waals surface area (Å²) >= 11 is 0. The van der Waals surface area contributed by atoms with Gasteiger partial charge < -0.3 is 0 Å². The van der Waals surface area contributed by atoms with Crippen molar-refractivity contribution in [1.29, 1.82) is 0 Å². The van der Waals surface area contributed by atoms with Crippen LogP contribution in [0.5, 0.6) is 0 Å². The normalized spacial score (nSPS) is 11.0. The van der Waals surface area contributed by atoms with Gasteiger partial charge in [-0.1, -0.05) is 57.0 Å². The molecular formula is C20H26O. The molecule has 1 heteroatoms. The molecule has 0 radical (unpaired) electrons. The summed E-state index contributed by atoms with van der Waals surface area (Å²) in [6, 6.07) is 10.9. The van der Waals surface area contributed by atoms with E-state index in [-0.39, 0.29) is 5.78 Å². The molecule has 21 heavy (non-hydrogen) atoms. The van der Waals surface area contributed by atoms with E-state index in [9.17, 15) is 4.79 Å². The Morgan fingerprint density at radius 2 is 1.67 bits per heavy atom. The average molecular weight is 282 g/mol. The lowest BCUT2D eigenvalue weighted by Crippen LogP contribution is -2.01. The van der Waals surface area contributed by atoms with Gasteiger partial charge in [0.1, 0.15) is 0 Å². The van der Waals surface area contributed by atoms with E-state index >= 15 is 0 Å². The molecule has 0 atom stereocenters. The molecule has 0 aliphatic rings. The van der Waals surface area contributed by atoms with E-state index in [2.05, 4.69) is 38.1 Å². The van der Waals surface area contributed by atoms with Crippen LogP contribution < -0.4 is 0 Å². The Labute approximate surface area is 128 Å². The van der Waals surface area contributed by atoms with Crippen LogP contribution in [0.25, 0.3) is 10.8 Å². The van der Waals surface area contributed by atoms with Gasteiger partial charge >= 0.3 is 0 Å². The van der Waals surface area contributed by atoms with E-state index in [1.807, 2.05) is 6.07 Å². The van der Waals surface area contributed by atoms with Crippen LogP contribution in [-0.4, -0.2) is 5.78 Å². The van der Waals surface area contributed by atoms with E-state index in [0.717, 1.165) is 31.2 Å². The Kier molecular flexibility index (Phi) is 5.55. The molecule has 0 aliphatic heterocycles. The van der Waals surface area contributed by atoms with Crippen LogP contribution in [-0.2, 0) is 12.8 Å². The summed E-state index contributed by atoms with van der Waals surface area (Å²) in [5, 5.41) is 2.54. The highest BCUT2D eigenvalue weighted by Gasteiger charge is 2.11. The van der Waals surface area contributed by atoms with Gasteiger partial charge in [-0.05, 0) is 54.5 Å². The summed E-state index contributed by atoms with van der Waals surface area (Å²) in [5.41, 5.74) is 3.54. The Morgan fingerprint density at radius 1 is 0.952 bits per heavy atom. The van der Waals surface area contributed by atoms with Crippen molar-refractivity contribution in [1.82, 2.24) is 0 Å². The van der Waals surface area contributed by atoms with Gasteiger partial charge in [-0.15, -0.1) is 0 Å². The summed E-state index contributed by atoms with van der Waals surface area (Å²) in [7, 11) is 0. The topological polar surface area (TPSA) is 17.1 Å². The summed E-state index contributed by atoms with van der Waals surface area (Å²) < 4.78 is 0. The molecule has 1 nitrogen and oxygen atoms in total. The van der Waals surface area contributed by atoms with Crippen LogP contribution in [0.1, 0.15) is 67.9 Å². The van der Waals surface area contributed by atoms with Crippen molar-refractivity contribution in [2.75, 3.05) is 0 Å². The average Bonchev–Trinajstić information content (AvgIpc) is 2.49. The molecule has 112 valence electrons. The Balaban J connectivity index is 2.47. The van der Waals surface area contributed by atoms with Crippen LogP contribution in [0.2, 0.25) is 0 Å². The maximum absolute atomic E-state index is 11.9. The number of unbranched alkanes of at least 4 members (excludes halogenated alkanes) is 2. The van der Waals surface area contributed by atoms with Crippen molar-refractivity contribution in [2.24, 2.45) is 0 Å². The minimum atomic E-state index is 0.179. The van der Waals surface area contributed by atoms with Crippen LogP contribution in [0.15, 0.2) is 30.3 Å². The van der Waals surface area contributed by atoms with Crippen molar-refractivity contribution in [3.8, 4) is 0 Å². The first-order valence-electron chi connectivity index (χ1n) is 8.22. The first-order valence-corrected chi connectivity index (χ1v) is 8.22. The number of aryl methyl sites for hydroxylation is 2. The molecule has 2 rings (SSSR count). The molecule has 0 aliphatic carbocycles. The highest BCUT2D eigenvalue weighted by molar-refractivity contribution is 6.01. The Hall–Kier alpha value is -1.63. The molecule has 2 aromatic carbocycles. The number of ketones is 1. The number of hydrogen-bond acceptors (Lipinski definition) is 1. The summed E-state index contributed by atoms with van der Waals surface area (Å²) in [5.74, 6) is 0.179. The Bertz CT molecular complexity index is 625. The Morgan fingerprint density at radius 3 is 2.33 bits per heavy atom. The van der Waals surface area contributed by atoms with E-state index in [0.29, 0.717) is 0 Å². The number of carbonyl (C=O) groups excluding carboxylic acids is 1. The van der Waals surface area contributed by atoms with Crippen molar-refractivity contribution in [3.05, 3.63) is 47.0 Å². The van der Waals surface area contributed by atoms with Crippen molar-refractivity contribution in [2.45, 2.75) is 59.3 Å². The number of hydrogen-bond donors (Lipinski definition) is 0. The fourth-order valence-corrected chi connectivity index (χ4v) is 2.93. The molecular weight excluding hydrogens is 256 g/mol. The maximum atomic E-state index is 11.9. The van der Waals surface area contributed by atoms with Crippen LogP contribution in [0.4, 0.5) is 0 Å². The molecule has 0 spiro atoms. The molecule has 0 heterocycles. The van der Waals surface area contributed by atoms with Crippen LogP contribution in [0.3, 0.4) is 0 Å². The van der Waals surface area contributed by atoms with Gasteiger partial charge in [0.15, 0.2) is 5.78 Å². The van der Waals surface area contributed by atoms with Crippen LogP contribution >= 0.6 is 0 Å². The number of carbonyl (C=O) groups is 1. The van der Waals surface area contributed by atoms with E-state index < -0.39 is 0 Å². The largest absolute Gasteiger partial charge is 0.295 e. The molecule has 0 bridgehead atoms. The van der Waals surface area contributed by atoms with Crippen LogP contribution in [0, 0.1) is 0 Å². The van der Waals surface area contributed by atoms with Crippen molar-refractivity contribution >= 4 is 16.6 Å². The zero-order valence-electron chi connectivity index (χ0n) is 13.5. The molecule has 0 saturated heterocycles. The van der Waals surface area contributed by atoms with Gasteiger partial charge in [0.2, 0.25) is 0 Å². The third-order valence-corrected chi connectivity index (χ3v) is 4.17. The summed E-state index contributed by atoms with van der Waals surface area (Å²) in [6.07, 6.45) is 6.89. The predicted octanol–water partition coefficient (Wildman–Crippen LogP) is 5.73. The highest BCUT2D eigenvalue weighted by atomic mass is 16.1. The third-order valence-electron chi connectivity index (χ3n) is 4.17. The first kappa shape index (κ1) is 15.8. The fourth-order valence-electron chi connectivity index (χ4n) is 2.93.